The van der Waals surface area contributed by atoms with Crippen molar-refractivity contribution in [2.75, 3.05) is 6.61 Å². The predicted molar refractivity (Wildman–Crippen MR) is 63.7 cm³/mol. The van der Waals surface area contributed by atoms with Crippen molar-refractivity contribution < 1.29 is 14.3 Å². The van der Waals surface area contributed by atoms with Crippen molar-refractivity contribution in [3.8, 4) is 0 Å². The summed E-state index contributed by atoms with van der Waals surface area (Å²) in [5, 5.41) is 0. The molecule has 0 aromatic rings. The monoisotopic (exact) mass is 248 g/mol. The summed E-state index contributed by atoms with van der Waals surface area (Å²) in [5.41, 5.74) is 0.108. The summed E-state index contributed by atoms with van der Waals surface area (Å²) in [4.78, 5) is 12.3. The molecule has 0 aromatic carbocycles. The highest BCUT2D eigenvalue weighted by Gasteiger charge is 2.95. The minimum absolute atomic E-state index is 0.0376. The molecule has 3 heteroatoms. The van der Waals surface area contributed by atoms with Crippen LogP contribution in [0.3, 0.4) is 0 Å². The van der Waals surface area contributed by atoms with E-state index in [1.165, 1.54) is 12.8 Å². The second-order valence-corrected chi connectivity index (χ2v) is 8.35. The van der Waals surface area contributed by atoms with Gasteiger partial charge in [0.15, 0.2) is 0 Å². The zero-order valence-electron chi connectivity index (χ0n) is 11.3. The van der Waals surface area contributed by atoms with Crippen molar-refractivity contribution in [1.29, 1.82) is 0 Å². The molecule has 0 unspecified atom stereocenters. The minimum Gasteiger partial charge on any atom is -0.462 e. The highest BCUT2D eigenvalue weighted by molar-refractivity contribution is 5.88. The number of carbonyl (C=O) groups is 1. The van der Waals surface area contributed by atoms with Gasteiger partial charge in [-0.15, -0.1) is 0 Å². The minimum atomic E-state index is -0.258. The average molecular weight is 248 g/mol. The van der Waals surface area contributed by atoms with E-state index in [1.54, 1.807) is 0 Å². The van der Waals surface area contributed by atoms with Crippen LogP contribution in [0.15, 0.2) is 0 Å². The quantitative estimate of drug-likeness (QED) is 0.487. The fraction of sp³-hybridized carbons (Fsp3) is 0.933. The Bertz CT molecular complexity index is 498. The SMILES string of the molecule is CC1(C)C[C@H]2[C@@H]3O[C@@]34COC(=O)[C@]43C[C@]3(C)[C@H]2C1. The summed E-state index contributed by atoms with van der Waals surface area (Å²) in [7, 11) is 0. The Labute approximate surface area is 107 Å². The topological polar surface area (TPSA) is 38.8 Å². The van der Waals surface area contributed by atoms with Crippen molar-refractivity contribution >= 4 is 5.97 Å². The van der Waals surface area contributed by atoms with Gasteiger partial charge in [-0.3, -0.25) is 4.79 Å². The molecule has 3 saturated carbocycles. The molecule has 3 aliphatic carbocycles. The van der Waals surface area contributed by atoms with Crippen LogP contribution >= 0.6 is 0 Å². The van der Waals surface area contributed by atoms with E-state index < -0.39 is 0 Å². The van der Waals surface area contributed by atoms with Crippen LogP contribution in [0.1, 0.15) is 40.0 Å². The molecule has 2 spiro atoms. The van der Waals surface area contributed by atoms with Gasteiger partial charge in [-0.1, -0.05) is 20.8 Å². The second-order valence-electron chi connectivity index (χ2n) is 8.35. The summed E-state index contributed by atoms with van der Waals surface area (Å²) in [6.07, 6.45) is 3.82. The largest absolute Gasteiger partial charge is 0.462 e. The van der Waals surface area contributed by atoms with E-state index in [2.05, 4.69) is 20.8 Å². The van der Waals surface area contributed by atoms with Gasteiger partial charge < -0.3 is 9.47 Å². The van der Waals surface area contributed by atoms with Gasteiger partial charge in [-0.25, -0.2) is 0 Å². The fourth-order valence-electron chi connectivity index (χ4n) is 6.20. The maximum absolute atomic E-state index is 12.3. The second kappa shape index (κ2) is 2.28. The van der Waals surface area contributed by atoms with Crippen molar-refractivity contribution in [2.24, 2.45) is 28.1 Å². The summed E-state index contributed by atoms with van der Waals surface area (Å²) in [6, 6.07) is 0. The highest BCUT2D eigenvalue weighted by atomic mass is 16.7. The molecule has 6 atom stereocenters. The number of ether oxygens (including phenoxy) is 2. The van der Waals surface area contributed by atoms with Crippen molar-refractivity contribution in [1.82, 2.24) is 0 Å². The van der Waals surface area contributed by atoms with Gasteiger partial charge in [0.05, 0.1) is 6.10 Å². The van der Waals surface area contributed by atoms with E-state index >= 15 is 0 Å². The van der Waals surface area contributed by atoms with Crippen LogP contribution in [0.2, 0.25) is 0 Å². The van der Waals surface area contributed by atoms with Crippen LogP contribution in [0.25, 0.3) is 0 Å². The third kappa shape index (κ3) is 0.728. The van der Waals surface area contributed by atoms with Crippen LogP contribution in [0.4, 0.5) is 0 Å². The molecule has 0 aromatic heterocycles. The van der Waals surface area contributed by atoms with Crippen molar-refractivity contribution in [3.05, 3.63) is 0 Å². The summed E-state index contributed by atoms with van der Waals surface area (Å²) < 4.78 is 11.5. The summed E-state index contributed by atoms with van der Waals surface area (Å²) in [6.45, 7) is 7.58. The first-order valence-electron chi connectivity index (χ1n) is 7.22. The smallest absolute Gasteiger partial charge is 0.315 e. The number of hydrogen-bond acceptors (Lipinski definition) is 3. The lowest BCUT2D eigenvalue weighted by Gasteiger charge is -2.33. The molecule has 2 heterocycles. The van der Waals surface area contributed by atoms with Crippen molar-refractivity contribution in [3.63, 3.8) is 0 Å². The number of carbonyl (C=O) groups excluding carboxylic acids is 1. The summed E-state index contributed by atoms with van der Waals surface area (Å²) in [5.74, 6) is 1.37. The van der Waals surface area contributed by atoms with E-state index in [-0.39, 0.29) is 22.4 Å². The molecule has 5 rings (SSSR count). The molecule has 3 nitrogen and oxygen atoms in total. The molecule has 2 saturated heterocycles. The number of hydrogen-bond donors (Lipinski definition) is 0. The maximum Gasteiger partial charge on any atom is 0.315 e. The van der Waals surface area contributed by atoms with E-state index in [0.717, 1.165) is 6.42 Å². The van der Waals surface area contributed by atoms with Gasteiger partial charge in [0.2, 0.25) is 0 Å². The van der Waals surface area contributed by atoms with Crippen molar-refractivity contribution in [2.45, 2.75) is 51.7 Å². The van der Waals surface area contributed by atoms with Crippen LogP contribution < -0.4 is 0 Å². The van der Waals surface area contributed by atoms with Gasteiger partial charge in [-0.05, 0) is 41.9 Å². The third-order valence-corrected chi connectivity index (χ3v) is 7.00. The third-order valence-electron chi connectivity index (χ3n) is 7.00. The molecule has 0 amide bonds. The summed E-state index contributed by atoms with van der Waals surface area (Å²) >= 11 is 0. The van der Waals surface area contributed by atoms with Gasteiger partial charge in [0.25, 0.3) is 0 Å². The number of fused-ring (bicyclic) bond motifs is 3. The van der Waals surface area contributed by atoms with Crippen LogP contribution in [-0.4, -0.2) is 24.3 Å². The predicted octanol–water partition coefficient (Wildman–Crippen LogP) is 2.14. The first-order valence-corrected chi connectivity index (χ1v) is 7.22. The lowest BCUT2D eigenvalue weighted by atomic mass is 9.64. The Balaban J connectivity index is 1.67. The fourth-order valence-corrected chi connectivity index (χ4v) is 6.20. The number of epoxide rings is 1. The van der Waals surface area contributed by atoms with E-state index in [9.17, 15) is 4.79 Å². The Kier molecular flexibility index (Phi) is 1.30. The normalized spacial score (nSPS) is 65.5. The maximum atomic E-state index is 12.3. The Morgan fingerprint density at radius 3 is 2.78 bits per heavy atom. The molecule has 0 bridgehead atoms. The van der Waals surface area contributed by atoms with Crippen LogP contribution in [0, 0.1) is 28.1 Å². The molecular formula is C15H20O3. The number of cyclic esters (lactones) is 1. The molecule has 2 aliphatic heterocycles. The lowest BCUT2D eigenvalue weighted by Crippen LogP contribution is -2.44. The average Bonchev–Trinajstić information content (AvgIpc) is 3.08. The molecule has 0 radical (unpaired) electrons. The van der Waals surface area contributed by atoms with Gasteiger partial charge >= 0.3 is 5.97 Å². The van der Waals surface area contributed by atoms with E-state index in [0.29, 0.717) is 30.0 Å². The number of esters is 1. The van der Waals surface area contributed by atoms with Crippen LogP contribution in [-0.2, 0) is 14.3 Å². The lowest BCUT2D eigenvalue weighted by molar-refractivity contribution is -0.144. The molecule has 0 N–H and O–H groups in total. The van der Waals surface area contributed by atoms with Crippen LogP contribution in [0.5, 0.6) is 0 Å². The van der Waals surface area contributed by atoms with Gasteiger partial charge in [0, 0.05) is 0 Å². The van der Waals surface area contributed by atoms with Gasteiger partial charge in [-0.2, -0.15) is 0 Å². The Morgan fingerprint density at radius 2 is 2.00 bits per heavy atom. The van der Waals surface area contributed by atoms with E-state index in [4.69, 9.17) is 9.47 Å². The standard InChI is InChI=1S/C15H20O3/c1-12(2)4-8-9(5-12)13(3)6-14(13)11(16)17-7-15(14)10(8)18-15/h8-10H,4-7H2,1-3H3/t8-,9+,10+,13-,14+,15+/m1/s1. The molecular weight excluding hydrogens is 228 g/mol. The Morgan fingerprint density at radius 1 is 1.22 bits per heavy atom. The first kappa shape index (κ1) is 10.2. The number of rotatable bonds is 0. The molecule has 5 aliphatic rings. The highest BCUT2D eigenvalue weighted by Crippen LogP contribution is 2.87. The zero-order chi connectivity index (χ0) is 12.6. The molecule has 98 valence electrons. The van der Waals surface area contributed by atoms with Gasteiger partial charge in [0.1, 0.15) is 17.6 Å². The zero-order valence-corrected chi connectivity index (χ0v) is 11.3. The molecule has 5 fully saturated rings. The first-order chi connectivity index (χ1) is 8.36. The molecule has 18 heavy (non-hydrogen) atoms. The van der Waals surface area contributed by atoms with E-state index in [1.807, 2.05) is 0 Å². The Hall–Kier alpha value is -0.570.